The number of rotatable bonds is 3. The first-order valence-corrected chi connectivity index (χ1v) is 6.76. The zero-order chi connectivity index (χ0) is 17.9. The van der Waals surface area contributed by atoms with Gasteiger partial charge in [0.25, 0.3) is 5.91 Å². The van der Waals surface area contributed by atoms with Crippen LogP contribution in [-0.4, -0.2) is 11.0 Å². The number of halogens is 4. The summed E-state index contributed by atoms with van der Waals surface area (Å²) in [5.74, 6) is -1.28. The predicted octanol–water partition coefficient (Wildman–Crippen LogP) is 3.69. The van der Waals surface area contributed by atoms with Gasteiger partial charge in [0.15, 0.2) is 0 Å². The first-order valence-electron chi connectivity index (χ1n) is 6.38. The van der Waals surface area contributed by atoms with Crippen molar-refractivity contribution in [2.24, 2.45) is 0 Å². The third kappa shape index (κ3) is 3.88. The lowest BCUT2D eigenvalue weighted by Crippen LogP contribution is -2.30. The Morgan fingerprint density at radius 1 is 1.21 bits per heavy atom. The van der Waals surface area contributed by atoms with E-state index in [1.165, 1.54) is 18.2 Å². The van der Waals surface area contributed by atoms with Gasteiger partial charge in [0.1, 0.15) is 5.75 Å². The van der Waals surface area contributed by atoms with E-state index in [4.69, 9.17) is 16.9 Å². The zero-order valence-corrected chi connectivity index (χ0v) is 12.5. The molecular weight excluding hydrogens is 347 g/mol. The molecule has 0 aromatic heterocycles. The van der Waals surface area contributed by atoms with Crippen molar-refractivity contribution in [2.75, 3.05) is 5.43 Å². The average molecular weight is 356 g/mol. The largest absolute Gasteiger partial charge is 0.507 e. The van der Waals surface area contributed by atoms with Crippen molar-refractivity contribution in [1.82, 2.24) is 5.43 Å². The number of phenolic OH excluding ortho intramolecular Hbond substituents is 1. The van der Waals surface area contributed by atoms with E-state index in [-0.39, 0.29) is 16.1 Å². The minimum absolute atomic E-state index is 0.172. The Morgan fingerprint density at radius 2 is 1.92 bits per heavy atom. The summed E-state index contributed by atoms with van der Waals surface area (Å²) >= 11 is 5.64. The fraction of sp³-hybridized carbons (Fsp3) is 0.0667. The highest BCUT2D eigenvalue weighted by molar-refractivity contribution is 6.30. The second-order valence-electron chi connectivity index (χ2n) is 4.61. The van der Waals surface area contributed by atoms with Crippen LogP contribution < -0.4 is 10.9 Å². The maximum atomic E-state index is 13.0. The first kappa shape index (κ1) is 17.4. The molecule has 0 bridgehead atoms. The number of nitriles is 1. The number of hydrogen-bond acceptors (Lipinski definition) is 4. The topological polar surface area (TPSA) is 85.2 Å². The van der Waals surface area contributed by atoms with E-state index in [2.05, 4.69) is 10.9 Å². The molecule has 0 unspecified atom stereocenters. The number of anilines is 1. The monoisotopic (exact) mass is 355 g/mol. The summed E-state index contributed by atoms with van der Waals surface area (Å²) in [6.07, 6.45) is -4.72. The molecule has 0 radical (unpaired) electrons. The van der Waals surface area contributed by atoms with Crippen molar-refractivity contribution in [1.29, 1.82) is 5.26 Å². The average Bonchev–Trinajstić information content (AvgIpc) is 2.51. The van der Waals surface area contributed by atoms with Gasteiger partial charge >= 0.3 is 6.18 Å². The highest BCUT2D eigenvalue weighted by atomic mass is 35.5. The Kier molecular flexibility index (Phi) is 4.85. The molecule has 0 atom stereocenters. The molecule has 0 heterocycles. The Labute approximate surface area is 139 Å². The van der Waals surface area contributed by atoms with Crippen LogP contribution in [0.15, 0.2) is 36.4 Å². The molecular formula is C15H9ClF3N3O2. The van der Waals surface area contributed by atoms with Gasteiger partial charge < -0.3 is 5.11 Å². The standard InChI is InChI=1S/C15H9ClF3N3O2/c16-9-2-3-10(13(23)6-9)14(24)22-21-12-4-1-8(7-20)5-11(12)15(17,18)19/h1-6,21,23H,(H,22,24). The van der Waals surface area contributed by atoms with Gasteiger partial charge in [-0.2, -0.15) is 18.4 Å². The Morgan fingerprint density at radius 3 is 2.50 bits per heavy atom. The van der Waals surface area contributed by atoms with Gasteiger partial charge in [0, 0.05) is 5.02 Å². The number of amides is 1. The molecule has 0 aliphatic rings. The van der Waals surface area contributed by atoms with Gasteiger partial charge in [0.05, 0.1) is 28.4 Å². The summed E-state index contributed by atoms with van der Waals surface area (Å²) in [6, 6.07) is 8.15. The molecule has 124 valence electrons. The first-order chi connectivity index (χ1) is 11.2. The van der Waals surface area contributed by atoms with E-state index >= 15 is 0 Å². The van der Waals surface area contributed by atoms with E-state index in [1.807, 2.05) is 0 Å². The van der Waals surface area contributed by atoms with Gasteiger partial charge in [-0.05, 0) is 36.4 Å². The molecule has 9 heteroatoms. The quantitative estimate of drug-likeness (QED) is 0.733. The molecule has 24 heavy (non-hydrogen) atoms. The van der Waals surface area contributed by atoms with E-state index in [0.717, 1.165) is 12.1 Å². The van der Waals surface area contributed by atoms with Crippen LogP contribution in [0, 0.1) is 11.3 Å². The molecule has 2 rings (SSSR count). The maximum Gasteiger partial charge on any atom is 0.418 e. The number of benzene rings is 2. The number of hydrogen-bond donors (Lipinski definition) is 3. The molecule has 5 nitrogen and oxygen atoms in total. The number of carbonyl (C=O) groups is 1. The van der Waals surface area contributed by atoms with E-state index in [0.29, 0.717) is 6.07 Å². The van der Waals surface area contributed by atoms with E-state index < -0.39 is 29.1 Å². The van der Waals surface area contributed by atoms with Crippen molar-refractivity contribution in [3.05, 3.63) is 58.1 Å². The Balaban J connectivity index is 2.23. The molecule has 1 amide bonds. The number of nitrogens with zero attached hydrogens (tertiary/aromatic N) is 1. The van der Waals surface area contributed by atoms with E-state index in [1.54, 1.807) is 6.07 Å². The molecule has 0 saturated heterocycles. The van der Waals surface area contributed by atoms with Crippen molar-refractivity contribution in [2.45, 2.75) is 6.18 Å². The van der Waals surface area contributed by atoms with Gasteiger partial charge in [0.2, 0.25) is 0 Å². The lowest BCUT2D eigenvalue weighted by molar-refractivity contribution is -0.137. The SMILES string of the molecule is N#Cc1ccc(NNC(=O)c2ccc(Cl)cc2O)c(C(F)(F)F)c1. The number of hydrazine groups is 1. The van der Waals surface area contributed by atoms with Crippen LogP contribution in [-0.2, 0) is 6.18 Å². The normalized spacial score (nSPS) is 10.8. The fourth-order valence-electron chi connectivity index (χ4n) is 1.85. The summed E-state index contributed by atoms with van der Waals surface area (Å²) in [4.78, 5) is 11.9. The lowest BCUT2D eigenvalue weighted by atomic mass is 10.1. The van der Waals surface area contributed by atoms with Crippen LogP contribution in [0.25, 0.3) is 0 Å². The van der Waals surface area contributed by atoms with Crippen LogP contribution >= 0.6 is 11.6 Å². The van der Waals surface area contributed by atoms with Crippen molar-refractivity contribution in [3.8, 4) is 11.8 Å². The third-order valence-electron chi connectivity index (χ3n) is 2.97. The van der Waals surface area contributed by atoms with Crippen molar-refractivity contribution in [3.63, 3.8) is 0 Å². The number of carbonyl (C=O) groups excluding carboxylic acids is 1. The highest BCUT2D eigenvalue weighted by Gasteiger charge is 2.34. The number of aromatic hydroxyl groups is 1. The summed E-state index contributed by atoms with van der Waals surface area (Å²) in [5, 5.41) is 18.5. The van der Waals surface area contributed by atoms with Crippen LogP contribution in [0.1, 0.15) is 21.5 Å². The fourth-order valence-corrected chi connectivity index (χ4v) is 2.01. The molecule has 3 N–H and O–H groups in total. The van der Waals surface area contributed by atoms with Crippen LogP contribution in [0.2, 0.25) is 5.02 Å². The number of phenols is 1. The van der Waals surface area contributed by atoms with Gasteiger partial charge in [-0.25, -0.2) is 0 Å². The van der Waals surface area contributed by atoms with Crippen LogP contribution in [0.3, 0.4) is 0 Å². The summed E-state index contributed by atoms with van der Waals surface area (Å²) < 4.78 is 39.0. The molecule has 0 aliphatic carbocycles. The molecule has 0 spiro atoms. The third-order valence-corrected chi connectivity index (χ3v) is 3.20. The maximum absolute atomic E-state index is 13.0. The minimum atomic E-state index is -4.72. The Hall–Kier alpha value is -2.92. The lowest BCUT2D eigenvalue weighted by Gasteiger charge is -2.15. The van der Waals surface area contributed by atoms with Crippen LogP contribution in [0.4, 0.5) is 18.9 Å². The molecule has 2 aromatic carbocycles. The molecule has 0 fully saturated rings. The van der Waals surface area contributed by atoms with Crippen LogP contribution in [0.5, 0.6) is 5.75 Å². The second kappa shape index (κ2) is 6.68. The summed E-state index contributed by atoms with van der Waals surface area (Å²) in [7, 11) is 0. The zero-order valence-electron chi connectivity index (χ0n) is 11.8. The van der Waals surface area contributed by atoms with Gasteiger partial charge in [-0.15, -0.1) is 0 Å². The molecule has 0 saturated carbocycles. The molecule has 0 aliphatic heterocycles. The summed E-state index contributed by atoms with van der Waals surface area (Å²) in [5.41, 5.74) is 2.29. The second-order valence-corrected chi connectivity index (χ2v) is 5.05. The molecule has 2 aromatic rings. The van der Waals surface area contributed by atoms with Gasteiger partial charge in [-0.1, -0.05) is 11.6 Å². The van der Waals surface area contributed by atoms with Crippen molar-refractivity contribution < 1.29 is 23.1 Å². The summed E-state index contributed by atoms with van der Waals surface area (Å²) in [6.45, 7) is 0. The minimum Gasteiger partial charge on any atom is -0.507 e. The smallest absolute Gasteiger partial charge is 0.418 e. The van der Waals surface area contributed by atoms with Crippen molar-refractivity contribution >= 4 is 23.2 Å². The van der Waals surface area contributed by atoms with Gasteiger partial charge in [-0.3, -0.25) is 15.6 Å². The number of nitrogens with one attached hydrogen (secondary N) is 2. The van der Waals surface area contributed by atoms with E-state index in [9.17, 15) is 23.1 Å². The number of alkyl halides is 3. The Bertz CT molecular complexity index is 832. The predicted molar refractivity (Wildman–Crippen MR) is 80.4 cm³/mol. The highest BCUT2D eigenvalue weighted by Crippen LogP contribution is 2.35.